The van der Waals surface area contributed by atoms with Gasteiger partial charge >= 0.3 is 0 Å². The number of benzene rings is 5. The van der Waals surface area contributed by atoms with Crippen LogP contribution in [0.15, 0.2) is 84.9 Å². The van der Waals surface area contributed by atoms with Crippen LogP contribution < -0.4 is 0 Å². The van der Waals surface area contributed by atoms with E-state index in [4.69, 9.17) is 0 Å². The molecule has 0 aliphatic rings. The highest BCUT2D eigenvalue weighted by Gasteiger charge is 2.22. The van der Waals surface area contributed by atoms with E-state index in [2.05, 4.69) is 122 Å². The van der Waals surface area contributed by atoms with Gasteiger partial charge in [-0.2, -0.15) is 10.5 Å². The average Bonchev–Trinajstić information content (AvgIpc) is 3.58. The maximum absolute atomic E-state index is 10.9. The molecule has 0 atom stereocenters. The molecule has 214 valence electrons. The second-order valence-corrected chi connectivity index (χ2v) is 11.6. The fourth-order valence-electron chi connectivity index (χ4n) is 6.78. The topological polar surface area (TPSA) is 57.4 Å². The van der Waals surface area contributed by atoms with Gasteiger partial charge in [-0.3, -0.25) is 0 Å². The molecule has 0 aliphatic carbocycles. The summed E-state index contributed by atoms with van der Waals surface area (Å²) < 4.78 is 4.37. The summed E-state index contributed by atoms with van der Waals surface area (Å²) in [5, 5.41) is 25.9. The van der Waals surface area contributed by atoms with Crippen molar-refractivity contribution in [3.8, 4) is 23.5 Å². The van der Waals surface area contributed by atoms with Crippen molar-refractivity contribution in [3.63, 3.8) is 0 Å². The van der Waals surface area contributed by atoms with E-state index >= 15 is 0 Å². The number of hydrogen-bond acceptors (Lipinski definition) is 2. The van der Waals surface area contributed by atoms with Crippen LogP contribution >= 0.6 is 0 Å². The van der Waals surface area contributed by atoms with Crippen LogP contribution in [-0.4, -0.2) is 9.13 Å². The summed E-state index contributed by atoms with van der Waals surface area (Å²) >= 11 is 0. The lowest BCUT2D eigenvalue weighted by Gasteiger charge is -2.17. The van der Waals surface area contributed by atoms with Crippen LogP contribution in [0.25, 0.3) is 55.0 Å². The van der Waals surface area contributed by atoms with Crippen LogP contribution in [0, 0.1) is 22.7 Å². The molecule has 2 aromatic heterocycles. The first kappa shape index (κ1) is 27.5. The van der Waals surface area contributed by atoms with Gasteiger partial charge in [0.05, 0.1) is 45.1 Å². The van der Waals surface area contributed by atoms with Crippen molar-refractivity contribution in [3.05, 3.63) is 118 Å². The lowest BCUT2D eigenvalue weighted by molar-refractivity contribution is 1.10. The minimum absolute atomic E-state index is 0.518. The molecule has 0 saturated carbocycles. The zero-order chi connectivity index (χ0) is 30.5. The SMILES string of the molecule is CCc1ccc2c(c1)c1cc(CC)ccc1n2-c1cc(C#N)cc(-n2c3ccc(CC)cc3c3cc(CC)ccc32)c1C#N. The largest absolute Gasteiger partial charge is 0.308 e. The molecule has 0 aliphatic heterocycles. The zero-order valence-corrected chi connectivity index (χ0v) is 25.7. The van der Waals surface area contributed by atoms with Crippen LogP contribution in [0.2, 0.25) is 0 Å². The fraction of sp³-hybridized carbons (Fsp3) is 0.200. The Kier molecular flexibility index (Phi) is 6.72. The normalized spacial score (nSPS) is 11.5. The number of fused-ring (bicyclic) bond motifs is 6. The Bertz CT molecular complexity index is 2080. The zero-order valence-electron chi connectivity index (χ0n) is 25.7. The third kappa shape index (κ3) is 4.10. The van der Waals surface area contributed by atoms with Crippen LogP contribution in [0.4, 0.5) is 0 Å². The third-order valence-corrected chi connectivity index (χ3v) is 9.24. The first-order valence-corrected chi connectivity index (χ1v) is 15.6. The number of aryl methyl sites for hydroxylation is 4. The summed E-state index contributed by atoms with van der Waals surface area (Å²) in [6.45, 7) is 8.69. The summed E-state index contributed by atoms with van der Waals surface area (Å²) in [6, 6.07) is 35.2. The molecule has 0 unspecified atom stereocenters. The van der Waals surface area contributed by atoms with Crippen molar-refractivity contribution < 1.29 is 0 Å². The Labute approximate surface area is 258 Å². The van der Waals surface area contributed by atoms with Gasteiger partial charge in [-0.15, -0.1) is 0 Å². The van der Waals surface area contributed by atoms with Gasteiger partial charge in [0.25, 0.3) is 0 Å². The first-order valence-electron chi connectivity index (χ1n) is 15.6. The second-order valence-electron chi connectivity index (χ2n) is 11.6. The highest BCUT2D eigenvalue weighted by molar-refractivity contribution is 6.11. The summed E-state index contributed by atoms with van der Waals surface area (Å²) in [5.74, 6) is 0. The van der Waals surface area contributed by atoms with Gasteiger partial charge in [0.15, 0.2) is 0 Å². The van der Waals surface area contributed by atoms with Crippen LogP contribution in [0.1, 0.15) is 61.1 Å². The Morgan fingerprint density at radius 3 is 1.02 bits per heavy atom. The summed E-state index contributed by atoms with van der Waals surface area (Å²) in [5.41, 5.74) is 11.7. The van der Waals surface area contributed by atoms with Gasteiger partial charge in [0.1, 0.15) is 11.6 Å². The van der Waals surface area contributed by atoms with Gasteiger partial charge in [-0.1, -0.05) is 52.0 Å². The van der Waals surface area contributed by atoms with E-state index in [1.807, 2.05) is 12.1 Å². The van der Waals surface area contributed by atoms with Crippen molar-refractivity contribution in [2.75, 3.05) is 0 Å². The summed E-state index contributed by atoms with van der Waals surface area (Å²) in [6.07, 6.45) is 3.78. The molecule has 0 bridgehead atoms. The Balaban J connectivity index is 1.63. The van der Waals surface area contributed by atoms with Crippen molar-refractivity contribution in [1.29, 1.82) is 10.5 Å². The van der Waals surface area contributed by atoms with E-state index in [1.165, 1.54) is 43.8 Å². The predicted octanol–water partition coefficient (Wildman–Crippen LogP) is 9.87. The maximum Gasteiger partial charge on any atom is 0.104 e. The monoisotopic (exact) mass is 570 g/mol. The number of nitrogens with zero attached hydrogens (tertiary/aromatic N) is 4. The molecule has 0 radical (unpaired) electrons. The third-order valence-electron chi connectivity index (χ3n) is 9.24. The van der Waals surface area contributed by atoms with Crippen LogP contribution in [0.5, 0.6) is 0 Å². The van der Waals surface area contributed by atoms with Gasteiger partial charge in [-0.05, 0) is 109 Å². The molecule has 0 fully saturated rings. The van der Waals surface area contributed by atoms with Crippen molar-refractivity contribution in [1.82, 2.24) is 9.13 Å². The molecule has 7 rings (SSSR count). The van der Waals surface area contributed by atoms with Gasteiger partial charge in [0, 0.05) is 21.5 Å². The van der Waals surface area contributed by atoms with E-state index in [-0.39, 0.29) is 0 Å². The van der Waals surface area contributed by atoms with Gasteiger partial charge in [-0.25, -0.2) is 0 Å². The summed E-state index contributed by atoms with van der Waals surface area (Å²) in [4.78, 5) is 0. The molecule has 0 N–H and O–H groups in total. The van der Waals surface area contributed by atoms with E-state index in [1.54, 1.807) is 0 Å². The van der Waals surface area contributed by atoms with Gasteiger partial charge < -0.3 is 9.13 Å². The molecule has 4 heteroatoms. The standard InChI is InChI=1S/C40H34N4/c1-5-25-9-13-35-30(17-25)31-18-26(6-2)10-14-36(31)43(35)39-21-29(23-41)22-40(34(39)24-42)44-37-15-11-27(7-3)19-32(37)33-20-28(8-4)12-16-38(33)44/h9-22H,5-8H2,1-4H3. The fourth-order valence-corrected chi connectivity index (χ4v) is 6.78. The number of aromatic nitrogens is 2. The van der Waals surface area contributed by atoms with E-state index in [0.717, 1.165) is 59.1 Å². The predicted molar refractivity (Wildman–Crippen MR) is 182 cm³/mol. The first-order chi connectivity index (χ1) is 21.5. The molecule has 4 nitrogen and oxygen atoms in total. The quantitative estimate of drug-likeness (QED) is 0.200. The molecule has 2 heterocycles. The highest BCUT2D eigenvalue weighted by Crippen LogP contribution is 2.39. The minimum atomic E-state index is 0.518. The average molecular weight is 571 g/mol. The molecule has 44 heavy (non-hydrogen) atoms. The molecule has 0 saturated heterocycles. The number of rotatable bonds is 6. The van der Waals surface area contributed by atoms with Crippen molar-refractivity contribution >= 4 is 43.6 Å². The van der Waals surface area contributed by atoms with Crippen molar-refractivity contribution in [2.24, 2.45) is 0 Å². The minimum Gasteiger partial charge on any atom is -0.308 e. The molecule has 0 spiro atoms. The van der Waals surface area contributed by atoms with E-state index < -0.39 is 0 Å². The van der Waals surface area contributed by atoms with Gasteiger partial charge in [0.2, 0.25) is 0 Å². The Hall–Kier alpha value is -5.32. The smallest absolute Gasteiger partial charge is 0.104 e. The number of nitriles is 2. The molecular formula is C40H34N4. The lowest BCUT2D eigenvalue weighted by Crippen LogP contribution is -2.05. The molecule has 7 aromatic rings. The van der Waals surface area contributed by atoms with Crippen LogP contribution in [-0.2, 0) is 25.7 Å². The van der Waals surface area contributed by atoms with Crippen LogP contribution in [0.3, 0.4) is 0 Å². The maximum atomic E-state index is 10.9. The Morgan fingerprint density at radius 2 is 0.773 bits per heavy atom. The molecular weight excluding hydrogens is 536 g/mol. The summed E-state index contributed by atoms with van der Waals surface area (Å²) in [7, 11) is 0. The lowest BCUT2D eigenvalue weighted by atomic mass is 10.1. The Morgan fingerprint density at radius 1 is 0.455 bits per heavy atom. The van der Waals surface area contributed by atoms with Crippen molar-refractivity contribution in [2.45, 2.75) is 53.4 Å². The molecule has 0 amide bonds. The van der Waals surface area contributed by atoms with E-state index in [9.17, 15) is 10.5 Å². The highest BCUT2D eigenvalue weighted by atomic mass is 15.0. The second kappa shape index (κ2) is 10.7. The number of hydrogen-bond donors (Lipinski definition) is 0. The molecule has 5 aromatic carbocycles. The van der Waals surface area contributed by atoms with E-state index in [0.29, 0.717) is 11.1 Å².